The lowest BCUT2D eigenvalue weighted by atomic mass is 9.88. The van der Waals surface area contributed by atoms with Gasteiger partial charge in [0.25, 0.3) is 0 Å². The number of halogens is 2. The van der Waals surface area contributed by atoms with Gasteiger partial charge in [-0.25, -0.2) is 4.98 Å². The zero-order valence-electron chi connectivity index (χ0n) is 15.9. The molecule has 148 valence electrons. The van der Waals surface area contributed by atoms with E-state index in [0.29, 0.717) is 27.4 Å². The normalized spacial score (nSPS) is 12.8. The molecule has 5 rings (SSSR count). The summed E-state index contributed by atoms with van der Waals surface area (Å²) in [4.78, 5) is 18.0. The molecule has 0 bridgehead atoms. The van der Waals surface area contributed by atoms with Crippen LogP contribution in [0, 0.1) is 6.92 Å². The van der Waals surface area contributed by atoms with Gasteiger partial charge in [-0.05, 0) is 37.3 Å². The Morgan fingerprint density at radius 2 is 1.57 bits per heavy atom. The number of carbonyl (C=O) groups is 1. The van der Waals surface area contributed by atoms with E-state index in [4.69, 9.17) is 32.7 Å². The third-order valence-electron chi connectivity index (χ3n) is 5.10. The van der Waals surface area contributed by atoms with Crippen LogP contribution >= 0.6 is 23.2 Å². The van der Waals surface area contributed by atoms with Crippen molar-refractivity contribution in [3.63, 3.8) is 0 Å². The number of rotatable bonds is 2. The average Bonchev–Trinajstić information content (AvgIpc) is 2.74. The minimum Gasteiger partial charge on any atom is -0.457 e. The molecule has 4 nitrogen and oxygen atoms in total. The number of carbonyl (C=O) groups excluding carboxylic acids is 1. The van der Waals surface area contributed by atoms with Gasteiger partial charge in [-0.1, -0.05) is 59.6 Å². The number of esters is 1. The van der Waals surface area contributed by atoms with E-state index in [1.807, 2.05) is 67.6 Å². The molecule has 0 spiro atoms. The van der Waals surface area contributed by atoms with E-state index in [2.05, 4.69) is 4.98 Å². The van der Waals surface area contributed by atoms with Crippen molar-refractivity contribution in [2.75, 3.05) is 0 Å². The number of fused-ring (bicyclic) bond motifs is 3. The van der Waals surface area contributed by atoms with E-state index in [-0.39, 0.29) is 10.8 Å². The van der Waals surface area contributed by atoms with Crippen LogP contribution in [0.2, 0.25) is 10.0 Å². The summed E-state index contributed by atoms with van der Waals surface area (Å²) >= 11 is 12.7. The van der Waals surface area contributed by atoms with Crippen molar-refractivity contribution in [2.45, 2.75) is 12.8 Å². The van der Waals surface area contributed by atoms with E-state index in [1.165, 1.54) is 0 Å². The second kappa shape index (κ2) is 7.31. The molecule has 0 amide bonds. The number of hydrogen-bond acceptors (Lipinski definition) is 4. The van der Waals surface area contributed by atoms with Crippen molar-refractivity contribution in [3.8, 4) is 17.2 Å². The number of nitrogens with zero attached hydrogens (tertiary/aromatic N) is 1. The van der Waals surface area contributed by atoms with Crippen molar-refractivity contribution in [3.05, 3.63) is 93.6 Å². The van der Waals surface area contributed by atoms with Crippen molar-refractivity contribution in [1.29, 1.82) is 0 Å². The van der Waals surface area contributed by atoms with Gasteiger partial charge in [-0.15, -0.1) is 0 Å². The van der Waals surface area contributed by atoms with E-state index < -0.39 is 11.9 Å². The maximum Gasteiger partial charge on any atom is 0.323 e. The third-order valence-corrected chi connectivity index (χ3v) is 5.69. The van der Waals surface area contributed by atoms with Gasteiger partial charge in [0, 0.05) is 22.2 Å². The summed E-state index contributed by atoms with van der Waals surface area (Å²) in [5.41, 5.74) is 2.69. The SMILES string of the molecule is Cc1ccc2c(Cl)cc(Cl)c(OC(=O)C3c4ccccc4Oc4ccccc43)c2n1. The lowest BCUT2D eigenvalue weighted by Crippen LogP contribution is -2.23. The Bertz CT molecular complexity index is 1270. The second-order valence-corrected chi connectivity index (χ2v) is 7.86. The molecule has 0 radical (unpaired) electrons. The van der Waals surface area contributed by atoms with Crippen molar-refractivity contribution in [2.24, 2.45) is 0 Å². The topological polar surface area (TPSA) is 48.4 Å². The van der Waals surface area contributed by atoms with Crippen LogP contribution in [0.3, 0.4) is 0 Å². The highest BCUT2D eigenvalue weighted by Gasteiger charge is 2.34. The highest BCUT2D eigenvalue weighted by atomic mass is 35.5. The molecule has 1 aliphatic rings. The minimum absolute atomic E-state index is 0.200. The maximum absolute atomic E-state index is 13.5. The Morgan fingerprint density at radius 3 is 2.23 bits per heavy atom. The van der Waals surface area contributed by atoms with Crippen molar-refractivity contribution < 1.29 is 14.3 Å². The number of ether oxygens (including phenoxy) is 2. The predicted molar refractivity (Wildman–Crippen MR) is 117 cm³/mol. The summed E-state index contributed by atoms with van der Waals surface area (Å²) in [6.07, 6.45) is 0. The van der Waals surface area contributed by atoms with Crippen LogP contribution in [0.5, 0.6) is 17.2 Å². The predicted octanol–water partition coefficient (Wildman–Crippen LogP) is 6.69. The number of aryl methyl sites for hydroxylation is 1. The summed E-state index contributed by atoms with van der Waals surface area (Å²) in [6.45, 7) is 1.85. The summed E-state index contributed by atoms with van der Waals surface area (Å²) in [5.74, 6) is 0.328. The molecule has 2 heterocycles. The lowest BCUT2D eigenvalue weighted by Gasteiger charge is -2.27. The van der Waals surface area contributed by atoms with E-state index >= 15 is 0 Å². The van der Waals surface area contributed by atoms with Crippen LogP contribution < -0.4 is 9.47 Å². The van der Waals surface area contributed by atoms with E-state index in [0.717, 1.165) is 16.8 Å². The number of pyridine rings is 1. The molecule has 0 atom stereocenters. The Balaban J connectivity index is 1.63. The molecule has 0 aliphatic carbocycles. The van der Waals surface area contributed by atoms with Crippen LogP contribution in [0.1, 0.15) is 22.7 Å². The lowest BCUT2D eigenvalue weighted by molar-refractivity contribution is -0.135. The molecule has 4 aromatic rings. The maximum atomic E-state index is 13.5. The molecule has 1 aliphatic heterocycles. The Kier molecular flexibility index (Phi) is 4.61. The number of benzene rings is 3. The van der Waals surface area contributed by atoms with E-state index in [1.54, 1.807) is 6.07 Å². The third kappa shape index (κ3) is 3.09. The van der Waals surface area contributed by atoms with Gasteiger partial charge in [-0.2, -0.15) is 0 Å². The van der Waals surface area contributed by atoms with Crippen molar-refractivity contribution in [1.82, 2.24) is 4.98 Å². The summed E-state index contributed by atoms with van der Waals surface area (Å²) < 4.78 is 11.8. The van der Waals surface area contributed by atoms with E-state index in [9.17, 15) is 4.79 Å². The first-order valence-corrected chi connectivity index (χ1v) is 10.1. The van der Waals surface area contributed by atoms with Gasteiger partial charge < -0.3 is 9.47 Å². The molecule has 3 aromatic carbocycles. The fourth-order valence-electron chi connectivity index (χ4n) is 3.71. The Hall–Kier alpha value is -3.08. The fourth-order valence-corrected chi connectivity index (χ4v) is 4.27. The highest BCUT2D eigenvalue weighted by Crippen LogP contribution is 2.45. The molecule has 30 heavy (non-hydrogen) atoms. The van der Waals surface area contributed by atoms with Gasteiger partial charge in [0.15, 0.2) is 5.75 Å². The standard InChI is InChI=1S/C24H15Cl2NO3/c1-13-10-11-14-17(25)12-18(26)23(22(14)27-13)30-24(28)21-15-6-2-4-8-19(15)29-20-9-5-3-7-16(20)21/h2-12,21H,1H3. The largest absolute Gasteiger partial charge is 0.457 e. The van der Waals surface area contributed by atoms with Crippen LogP contribution in [-0.2, 0) is 4.79 Å². The molecular weight excluding hydrogens is 421 g/mol. The monoisotopic (exact) mass is 435 g/mol. The minimum atomic E-state index is -0.655. The first kappa shape index (κ1) is 18.9. The molecule has 1 aromatic heterocycles. The number of aromatic nitrogens is 1. The quantitative estimate of drug-likeness (QED) is 0.259. The van der Waals surface area contributed by atoms with Gasteiger partial charge >= 0.3 is 5.97 Å². The van der Waals surface area contributed by atoms with Gasteiger partial charge in [-0.3, -0.25) is 4.79 Å². The number of hydrogen-bond donors (Lipinski definition) is 0. The van der Waals surface area contributed by atoms with Gasteiger partial charge in [0.2, 0.25) is 0 Å². The van der Waals surface area contributed by atoms with Crippen LogP contribution in [0.15, 0.2) is 66.7 Å². The molecule has 6 heteroatoms. The van der Waals surface area contributed by atoms with Crippen LogP contribution in [-0.4, -0.2) is 11.0 Å². The Morgan fingerprint density at radius 1 is 0.933 bits per heavy atom. The molecule has 0 saturated carbocycles. The Labute approximate surface area is 183 Å². The molecule has 0 saturated heterocycles. The van der Waals surface area contributed by atoms with Crippen molar-refractivity contribution >= 4 is 40.1 Å². The molecular formula is C24H15Cl2NO3. The second-order valence-electron chi connectivity index (χ2n) is 7.05. The fraction of sp³-hybridized carbons (Fsp3) is 0.0833. The summed E-state index contributed by atoms with van der Waals surface area (Å²) in [6, 6.07) is 20.1. The van der Waals surface area contributed by atoms with Crippen LogP contribution in [0.4, 0.5) is 0 Å². The smallest absolute Gasteiger partial charge is 0.323 e. The van der Waals surface area contributed by atoms with Crippen LogP contribution in [0.25, 0.3) is 10.9 Å². The average molecular weight is 436 g/mol. The molecule has 0 N–H and O–H groups in total. The zero-order valence-corrected chi connectivity index (χ0v) is 17.4. The zero-order chi connectivity index (χ0) is 20.8. The number of para-hydroxylation sites is 2. The first-order valence-electron chi connectivity index (χ1n) is 9.35. The van der Waals surface area contributed by atoms with Gasteiger partial charge in [0.1, 0.15) is 22.9 Å². The summed E-state index contributed by atoms with van der Waals surface area (Å²) in [5, 5.41) is 1.35. The van der Waals surface area contributed by atoms with Gasteiger partial charge in [0.05, 0.1) is 10.0 Å². The summed E-state index contributed by atoms with van der Waals surface area (Å²) in [7, 11) is 0. The first-order chi connectivity index (χ1) is 14.5. The molecule has 0 fully saturated rings. The molecule has 0 unspecified atom stereocenters. The highest BCUT2D eigenvalue weighted by molar-refractivity contribution is 6.39.